The summed E-state index contributed by atoms with van der Waals surface area (Å²) in [6, 6.07) is 10.0. The average Bonchev–Trinajstić information content (AvgIpc) is 2.55. The quantitative estimate of drug-likeness (QED) is 0.874. The van der Waals surface area contributed by atoms with Crippen molar-refractivity contribution in [1.29, 1.82) is 0 Å². The van der Waals surface area contributed by atoms with Crippen molar-refractivity contribution in [2.45, 2.75) is 19.8 Å². The molecule has 2 N–H and O–H groups in total. The zero-order valence-corrected chi connectivity index (χ0v) is 13.9. The molecule has 124 valence electrons. The second-order valence-electron chi connectivity index (χ2n) is 5.72. The maximum atomic E-state index is 13.0. The molecule has 0 radical (unpaired) electrons. The van der Waals surface area contributed by atoms with Crippen LogP contribution < -0.4 is 10.2 Å². The second-order valence-corrected chi connectivity index (χ2v) is 6.13. The number of aryl methyl sites for hydroxylation is 1. The Kier molecular flexibility index (Phi) is 4.44. The molecule has 0 saturated heterocycles. The predicted octanol–water partition coefficient (Wildman–Crippen LogP) is 3.60. The van der Waals surface area contributed by atoms with E-state index in [4.69, 9.17) is 11.6 Å². The number of aromatic hydroxyl groups is 1. The van der Waals surface area contributed by atoms with Crippen molar-refractivity contribution >= 4 is 34.8 Å². The van der Waals surface area contributed by atoms with E-state index < -0.39 is 0 Å². The highest BCUT2D eigenvalue weighted by Gasteiger charge is 2.27. The van der Waals surface area contributed by atoms with E-state index in [-0.39, 0.29) is 17.6 Å². The number of benzene rings is 2. The Morgan fingerprint density at radius 2 is 2.04 bits per heavy atom. The Morgan fingerprint density at radius 1 is 1.25 bits per heavy atom. The van der Waals surface area contributed by atoms with E-state index in [0.29, 0.717) is 28.5 Å². The zero-order valence-electron chi connectivity index (χ0n) is 13.2. The number of nitrogens with one attached hydrogen (secondary N) is 1. The number of halogens is 1. The van der Waals surface area contributed by atoms with Gasteiger partial charge in [-0.1, -0.05) is 23.7 Å². The number of para-hydroxylation sites is 1. The molecule has 5 nitrogen and oxygen atoms in total. The third-order valence-electron chi connectivity index (χ3n) is 3.96. The van der Waals surface area contributed by atoms with Gasteiger partial charge in [-0.05, 0) is 42.7 Å². The van der Waals surface area contributed by atoms with Crippen LogP contribution in [-0.4, -0.2) is 23.5 Å². The van der Waals surface area contributed by atoms with Crippen LogP contribution in [0.15, 0.2) is 36.4 Å². The number of hydrogen-bond acceptors (Lipinski definition) is 3. The smallest absolute Gasteiger partial charge is 0.259 e. The van der Waals surface area contributed by atoms with Crippen molar-refractivity contribution in [3.8, 4) is 5.75 Å². The van der Waals surface area contributed by atoms with Gasteiger partial charge in [0.25, 0.3) is 5.91 Å². The number of carbonyl (C=O) groups is 2. The normalized spacial score (nSPS) is 13.3. The number of phenols is 1. The maximum absolute atomic E-state index is 13.0. The van der Waals surface area contributed by atoms with Gasteiger partial charge >= 0.3 is 0 Å². The summed E-state index contributed by atoms with van der Waals surface area (Å²) in [5.74, 6) is -0.443. The molecule has 0 saturated carbocycles. The van der Waals surface area contributed by atoms with Crippen molar-refractivity contribution in [1.82, 2.24) is 0 Å². The van der Waals surface area contributed by atoms with Gasteiger partial charge in [-0.15, -0.1) is 0 Å². The molecular formula is C18H17ClN2O3. The number of rotatable bonds is 2. The van der Waals surface area contributed by atoms with Crippen LogP contribution in [0.5, 0.6) is 5.75 Å². The van der Waals surface area contributed by atoms with Crippen LogP contribution in [0.1, 0.15) is 29.3 Å². The van der Waals surface area contributed by atoms with Crippen LogP contribution in [0.2, 0.25) is 5.02 Å². The van der Waals surface area contributed by atoms with E-state index in [1.54, 1.807) is 35.2 Å². The van der Waals surface area contributed by atoms with Crippen molar-refractivity contribution in [3.05, 3.63) is 52.5 Å². The molecule has 0 spiro atoms. The number of phenolic OH excluding ortho intramolecular Hbond substituents is 1. The third-order valence-corrected chi connectivity index (χ3v) is 4.29. The van der Waals surface area contributed by atoms with Crippen molar-refractivity contribution in [3.63, 3.8) is 0 Å². The fourth-order valence-electron chi connectivity index (χ4n) is 2.95. The monoisotopic (exact) mass is 344 g/mol. The molecule has 0 fully saturated rings. The number of hydrogen-bond donors (Lipinski definition) is 2. The molecular weight excluding hydrogens is 328 g/mol. The number of carbonyl (C=O) groups excluding carboxylic acids is 2. The van der Waals surface area contributed by atoms with Crippen LogP contribution in [0.4, 0.5) is 11.4 Å². The van der Waals surface area contributed by atoms with E-state index in [1.807, 2.05) is 6.07 Å². The van der Waals surface area contributed by atoms with Crippen molar-refractivity contribution < 1.29 is 14.7 Å². The van der Waals surface area contributed by atoms with E-state index in [1.165, 1.54) is 6.92 Å². The summed E-state index contributed by atoms with van der Waals surface area (Å²) in [6.45, 7) is 1.90. The molecule has 2 aromatic rings. The molecule has 0 aromatic heterocycles. The topological polar surface area (TPSA) is 69.6 Å². The zero-order chi connectivity index (χ0) is 17.3. The molecule has 1 aliphatic heterocycles. The molecule has 0 unspecified atom stereocenters. The number of amides is 2. The first kappa shape index (κ1) is 16.3. The summed E-state index contributed by atoms with van der Waals surface area (Å²) in [5, 5.41) is 13.1. The minimum absolute atomic E-state index is 0.0784. The lowest BCUT2D eigenvalue weighted by Crippen LogP contribution is -2.35. The van der Waals surface area contributed by atoms with Gasteiger partial charge in [0.15, 0.2) is 0 Å². The number of fused-ring (bicyclic) bond motifs is 1. The Hall–Kier alpha value is -2.53. The van der Waals surface area contributed by atoms with Gasteiger partial charge in [0.1, 0.15) is 5.75 Å². The summed E-state index contributed by atoms with van der Waals surface area (Å²) in [7, 11) is 0. The summed E-state index contributed by atoms with van der Waals surface area (Å²) < 4.78 is 0. The lowest BCUT2D eigenvalue weighted by atomic mass is 10.00. The first-order chi connectivity index (χ1) is 11.5. The van der Waals surface area contributed by atoms with Gasteiger partial charge < -0.3 is 15.3 Å². The molecule has 0 bridgehead atoms. The Morgan fingerprint density at radius 3 is 2.79 bits per heavy atom. The first-order valence-corrected chi connectivity index (χ1v) is 8.05. The minimum atomic E-state index is -0.297. The fraction of sp³-hybridized carbons (Fsp3) is 0.222. The Labute approximate surface area is 144 Å². The van der Waals surface area contributed by atoms with Gasteiger partial charge in [0, 0.05) is 19.2 Å². The molecule has 6 heteroatoms. The van der Waals surface area contributed by atoms with Crippen LogP contribution in [0, 0.1) is 0 Å². The summed E-state index contributed by atoms with van der Waals surface area (Å²) in [4.78, 5) is 25.8. The van der Waals surface area contributed by atoms with E-state index in [9.17, 15) is 14.7 Å². The summed E-state index contributed by atoms with van der Waals surface area (Å²) in [5.41, 5.74) is 2.27. The van der Waals surface area contributed by atoms with Crippen molar-refractivity contribution in [2.75, 3.05) is 16.8 Å². The van der Waals surface area contributed by atoms with Gasteiger partial charge in [-0.25, -0.2) is 0 Å². The summed E-state index contributed by atoms with van der Waals surface area (Å²) in [6.07, 6.45) is 1.62. The maximum Gasteiger partial charge on any atom is 0.259 e. The van der Waals surface area contributed by atoms with Crippen LogP contribution >= 0.6 is 11.6 Å². The third kappa shape index (κ3) is 3.08. The van der Waals surface area contributed by atoms with Crippen LogP contribution in [-0.2, 0) is 11.2 Å². The minimum Gasteiger partial charge on any atom is -0.506 e. The predicted molar refractivity (Wildman–Crippen MR) is 93.9 cm³/mol. The number of anilines is 2. The van der Waals surface area contributed by atoms with Gasteiger partial charge in [-0.3, -0.25) is 9.59 Å². The van der Waals surface area contributed by atoms with Crippen LogP contribution in [0.25, 0.3) is 0 Å². The second kappa shape index (κ2) is 6.53. The lowest BCUT2D eigenvalue weighted by Gasteiger charge is -2.30. The molecule has 3 rings (SSSR count). The van der Waals surface area contributed by atoms with Gasteiger partial charge in [0.05, 0.1) is 16.3 Å². The molecule has 0 aliphatic carbocycles. The standard InChI is InChI=1S/C18H17ClN2O3/c1-11(22)20-13-7-8-15(19)14(10-13)18(24)21-9-3-5-12-4-2-6-16(23)17(12)21/h2,4,6-8,10,23H,3,5,9H2,1H3,(H,20,22). The highest BCUT2D eigenvalue weighted by Crippen LogP contribution is 2.37. The van der Waals surface area contributed by atoms with E-state index >= 15 is 0 Å². The highest BCUT2D eigenvalue weighted by molar-refractivity contribution is 6.34. The van der Waals surface area contributed by atoms with E-state index in [2.05, 4.69) is 5.32 Å². The SMILES string of the molecule is CC(=O)Nc1ccc(Cl)c(C(=O)N2CCCc3cccc(O)c32)c1. The highest BCUT2D eigenvalue weighted by atomic mass is 35.5. The van der Waals surface area contributed by atoms with Crippen molar-refractivity contribution in [2.24, 2.45) is 0 Å². The molecule has 0 atom stereocenters. The number of nitrogens with zero attached hydrogens (tertiary/aromatic N) is 1. The first-order valence-electron chi connectivity index (χ1n) is 7.67. The van der Waals surface area contributed by atoms with Gasteiger partial charge in [0.2, 0.25) is 5.91 Å². The molecule has 2 amide bonds. The Bertz CT molecular complexity index is 820. The lowest BCUT2D eigenvalue weighted by molar-refractivity contribution is -0.114. The molecule has 24 heavy (non-hydrogen) atoms. The van der Waals surface area contributed by atoms with Crippen LogP contribution in [0.3, 0.4) is 0 Å². The molecule has 1 heterocycles. The average molecular weight is 345 g/mol. The summed E-state index contributed by atoms with van der Waals surface area (Å²) >= 11 is 6.19. The van der Waals surface area contributed by atoms with E-state index in [0.717, 1.165) is 18.4 Å². The molecule has 1 aliphatic rings. The molecule has 2 aromatic carbocycles. The van der Waals surface area contributed by atoms with Gasteiger partial charge in [-0.2, -0.15) is 0 Å². The largest absolute Gasteiger partial charge is 0.506 e. The Balaban J connectivity index is 2.01. The fourth-order valence-corrected chi connectivity index (χ4v) is 3.15.